The van der Waals surface area contributed by atoms with Crippen LogP contribution in [0.1, 0.15) is 33.6 Å². The van der Waals surface area contributed by atoms with Crippen molar-refractivity contribution in [2.75, 3.05) is 65.6 Å². The third-order valence-corrected chi connectivity index (χ3v) is 9.07. The number of amides is 3. The number of carbonyl (C=O) groups excluding carboxylic acids is 3. The van der Waals surface area contributed by atoms with Crippen LogP contribution >= 0.6 is 0 Å². The molecule has 210 valence electrons. The van der Waals surface area contributed by atoms with Crippen molar-refractivity contribution in [3.05, 3.63) is 24.3 Å². The van der Waals surface area contributed by atoms with E-state index in [1.807, 2.05) is 38.2 Å². The summed E-state index contributed by atoms with van der Waals surface area (Å²) in [5.41, 5.74) is -2.25. The number of aliphatic hydroxyl groups excluding tert-OH is 1. The van der Waals surface area contributed by atoms with Gasteiger partial charge in [-0.05, 0) is 19.8 Å². The Morgan fingerprint density at radius 1 is 0.947 bits per heavy atom. The number of fused-ring (bicyclic) bond motifs is 2. The van der Waals surface area contributed by atoms with Gasteiger partial charge in [-0.3, -0.25) is 19.3 Å². The highest BCUT2D eigenvalue weighted by Gasteiger charge is 2.75. The summed E-state index contributed by atoms with van der Waals surface area (Å²) in [7, 11) is 0. The van der Waals surface area contributed by atoms with E-state index in [9.17, 15) is 19.5 Å². The number of likely N-dealkylation sites (tertiary alicyclic amines) is 1. The smallest absolute Gasteiger partial charge is 0.249 e. The molecule has 10 heteroatoms. The zero-order valence-corrected chi connectivity index (χ0v) is 22.9. The molecule has 0 aromatic rings. The zero-order valence-electron chi connectivity index (χ0n) is 22.9. The van der Waals surface area contributed by atoms with Crippen LogP contribution in [0.15, 0.2) is 24.3 Å². The molecule has 1 spiro atoms. The number of carbonyl (C=O) groups is 3. The van der Waals surface area contributed by atoms with Crippen molar-refractivity contribution in [1.82, 2.24) is 19.6 Å². The Morgan fingerprint density at radius 2 is 1.63 bits per heavy atom. The van der Waals surface area contributed by atoms with Crippen LogP contribution < -0.4 is 0 Å². The van der Waals surface area contributed by atoms with Crippen LogP contribution in [-0.4, -0.2) is 131 Å². The molecular formula is C28H42N4O6. The van der Waals surface area contributed by atoms with Gasteiger partial charge >= 0.3 is 0 Å². The quantitative estimate of drug-likeness (QED) is 0.450. The van der Waals surface area contributed by atoms with Gasteiger partial charge in [0.1, 0.15) is 11.6 Å². The van der Waals surface area contributed by atoms with Gasteiger partial charge in [-0.25, -0.2) is 0 Å². The SMILES string of the molecule is CCCN1CC=C[C@@]2(CC)O[C@]34C=CCN(CCN5CCOCC5)C(=O)C3N([C@H](C)CO)C(=O)[C@@H]4[C@H]2C1=O. The van der Waals surface area contributed by atoms with Gasteiger partial charge in [-0.1, -0.05) is 38.2 Å². The molecule has 38 heavy (non-hydrogen) atoms. The van der Waals surface area contributed by atoms with Gasteiger partial charge in [-0.2, -0.15) is 0 Å². The lowest BCUT2D eigenvalue weighted by atomic mass is 9.73. The van der Waals surface area contributed by atoms with E-state index >= 15 is 0 Å². The fourth-order valence-corrected chi connectivity index (χ4v) is 7.12. The number of aliphatic hydroxyl groups is 1. The molecule has 0 aromatic carbocycles. The summed E-state index contributed by atoms with van der Waals surface area (Å²) in [6, 6.07) is -1.53. The molecule has 0 radical (unpaired) electrons. The van der Waals surface area contributed by atoms with Gasteiger partial charge in [0.25, 0.3) is 0 Å². The first-order chi connectivity index (χ1) is 18.3. The lowest BCUT2D eigenvalue weighted by molar-refractivity contribution is -0.157. The van der Waals surface area contributed by atoms with Crippen molar-refractivity contribution in [2.45, 2.75) is 56.9 Å². The fraction of sp³-hybridized carbons (Fsp3) is 0.750. The fourth-order valence-electron chi connectivity index (χ4n) is 7.12. The van der Waals surface area contributed by atoms with Gasteiger partial charge < -0.3 is 29.3 Å². The Labute approximate surface area is 225 Å². The summed E-state index contributed by atoms with van der Waals surface area (Å²) >= 11 is 0. The van der Waals surface area contributed by atoms with Crippen molar-refractivity contribution < 1.29 is 29.0 Å². The second-order valence-electron chi connectivity index (χ2n) is 11.2. The first-order valence-electron chi connectivity index (χ1n) is 14.2. The third-order valence-electron chi connectivity index (χ3n) is 9.07. The van der Waals surface area contributed by atoms with E-state index in [-0.39, 0.29) is 24.3 Å². The average molecular weight is 531 g/mol. The number of nitrogens with zero attached hydrogens (tertiary/aromatic N) is 4. The van der Waals surface area contributed by atoms with Crippen LogP contribution in [-0.2, 0) is 23.9 Å². The molecule has 1 unspecified atom stereocenters. The third kappa shape index (κ3) is 4.20. The molecule has 6 atom stereocenters. The molecule has 0 saturated carbocycles. The van der Waals surface area contributed by atoms with E-state index in [1.54, 1.807) is 16.7 Å². The normalized spacial score (nSPS) is 36.3. The molecule has 3 amide bonds. The van der Waals surface area contributed by atoms with Crippen LogP contribution in [0, 0.1) is 11.8 Å². The number of ether oxygens (including phenoxy) is 2. The molecule has 1 N–H and O–H groups in total. The number of hydrogen-bond donors (Lipinski definition) is 1. The first-order valence-corrected chi connectivity index (χ1v) is 14.2. The monoisotopic (exact) mass is 530 g/mol. The molecule has 5 heterocycles. The summed E-state index contributed by atoms with van der Waals surface area (Å²) < 4.78 is 12.4. The second-order valence-corrected chi connectivity index (χ2v) is 11.2. The summed E-state index contributed by atoms with van der Waals surface area (Å²) in [4.78, 5) is 50.0. The summed E-state index contributed by atoms with van der Waals surface area (Å²) in [5, 5.41) is 10.1. The predicted octanol–water partition coefficient (Wildman–Crippen LogP) is 0.267. The number of rotatable bonds is 8. The van der Waals surface area contributed by atoms with Gasteiger partial charge in [-0.15, -0.1) is 0 Å². The van der Waals surface area contributed by atoms with Crippen molar-refractivity contribution in [3.8, 4) is 0 Å². The average Bonchev–Trinajstić information content (AvgIpc) is 3.24. The van der Waals surface area contributed by atoms with Crippen molar-refractivity contribution in [3.63, 3.8) is 0 Å². The zero-order chi connectivity index (χ0) is 27.1. The Balaban J connectivity index is 1.54. The Bertz CT molecular complexity index is 996. The molecule has 10 nitrogen and oxygen atoms in total. The summed E-state index contributed by atoms with van der Waals surface area (Å²) in [6.45, 7) is 11.2. The largest absolute Gasteiger partial charge is 0.394 e. The van der Waals surface area contributed by atoms with Gasteiger partial charge in [0.05, 0.1) is 43.3 Å². The summed E-state index contributed by atoms with van der Waals surface area (Å²) in [5.74, 6) is -2.15. The minimum Gasteiger partial charge on any atom is -0.394 e. The van der Waals surface area contributed by atoms with E-state index in [1.165, 1.54) is 4.90 Å². The topological polar surface area (TPSA) is 103 Å². The molecule has 0 bridgehead atoms. The van der Waals surface area contributed by atoms with E-state index < -0.39 is 35.1 Å². The lowest BCUT2D eigenvalue weighted by Gasteiger charge is -2.40. The highest BCUT2D eigenvalue weighted by atomic mass is 16.5. The van der Waals surface area contributed by atoms with Crippen LogP contribution in [0.25, 0.3) is 0 Å². The van der Waals surface area contributed by atoms with Crippen LogP contribution in [0.5, 0.6) is 0 Å². The molecular weight excluding hydrogens is 488 g/mol. The maximum absolute atomic E-state index is 14.3. The van der Waals surface area contributed by atoms with E-state index in [2.05, 4.69) is 4.90 Å². The van der Waals surface area contributed by atoms with Crippen LogP contribution in [0.3, 0.4) is 0 Å². The van der Waals surface area contributed by atoms with Crippen molar-refractivity contribution in [1.29, 1.82) is 0 Å². The highest BCUT2D eigenvalue weighted by molar-refractivity contribution is 6.00. The maximum Gasteiger partial charge on any atom is 0.249 e. The molecule has 5 rings (SSSR count). The highest BCUT2D eigenvalue weighted by Crippen LogP contribution is 2.58. The first kappa shape index (κ1) is 27.3. The minimum absolute atomic E-state index is 0.0968. The maximum atomic E-state index is 14.3. The molecule has 3 saturated heterocycles. The molecule has 5 aliphatic rings. The summed E-state index contributed by atoms with van der Waals surface area (Å²) in [6.07, 6.45) is 9.06. The number of morpholine rings is 1. The predicted molar refractivity (Wildman–Crippen MR) is 140 cm³/mol. The standard InChI is InChI=1S/C28H42N4O6/c1-4-10-30-11-6-8-27(5-2)21(24(30)34)22-25(35)32(20(3)19-33)23-26(36)31(12-7-9-28(22,23)38-27)14-13-29-15-17-37-18-16-29/h6-9,20-23,33H,4-5,10-19H2,1-3H3/t20-,21+,22+,23?,27-,28+/m1/s1. The molecule has 3 fully saturated rings. The van der Waals surface area contributed by atoms with Gasteiger partial charge in [0, 0.05) is 45.8 Å². The lowest BCUT2D eigenvalue weighted by Crippen LogP contribution is -2.59. The second kappa shape index (κ2) is 10.7. The molecule has 0 aromatic heterocycles. The van der Waals surface area contributed by atoms with Gasteiger partial charge in [0.2, 0.25) is 17.7 Å². The Morgan fingerprint density at radius 3 is 2.29 bits per heavy atom. The number of hydrogen-bond acceptors (Lipinski definition) is 7. The van der Waals surface area contributed by atoms with Gasteiger partial charge in [0.15, 0.2) is 0 Å². The Hall–Kier alpha value is -2.27. The Kier molecular flexibility index (Phi) is 7.70. The van der Waals surface area contributed by atoms with E-state index in [4.69, 9.17) is 9.47 Å². The molecule has 5 aliphatic heterocycles. The van der Waals surface area contributed by atoms with E-state index in [0.29, 0.717) is 52.4 Å². The van der Waals surface area contributed by atoms with Crippen molar-refractivity contribution in [2.24, 2.45) is 11.8 Å². The van der Waals surface area contributed by atoms with Crippen LogP contribution in [0.2, 0.25) is 0 Å². The minimum atomic E-state index is -1.28. The molecule has 0 aliphatic carbocycles. The van der Waals surface area contributed by atoms with E-state index in [0.717, 1.165) is 19.5 Å². The van der Waals surface area contributed by atoms with Crippen molar-refractivity contribution >= 4 is 17.7 Å². The van der Waals surface area contributed by atoms with Crippen LogP contribution in [0.4, 0.5) is 0 Å².